The summed E-state index contributed by atoms with van der Waals surface area (Å²) >= 11 is 9.08. The first kappa shape index (κ1) is 23.2. The SMILES string of the molecule is C=C1CSCC(OCCN2C(=CC=C3C(=O)N(C)C(=S)N3C)Oc3ccccc32)CSC1. The molecule has 32 heavy (non-hydrogen) atoms. The molecular formula is C23H27N3O3S3. The molecule has 0 bridgehead atoms. The van der Waals surface area contributed by atoms with Gasteiger partial charge < -0.3 is 19.3 Å². The van der Waals surface area contributed by atoms with Gasteiger partial charge in [-0.3, -0.25) is 9.69 Å². The van der Waals surface area contributed by atoms with Crippen molar-refractivity contribution in [2.24, 2.45) is 0 Å². The third kappa shape index (κ3) is 5.01. The maximum absolute atomic E-state index is 12.5. The Morgan fingerprint density at radius 1 is 1.19 bits per heavy atom. The van der Waals surface area contributed by atoms with E-state index in [0.717, 1.165) is 34.4 Å². The standard InChI is InChI=1S/C23H27N3O3S3/c1-16-12-31-14-17(15-32-13-16)28-11-10-26-18-6-4-5-7-20(18)29-21(26)9-8-19-22(27)25(3)23(30)24(19)2/h4-9,17H,1,10-15H2,2-3H3. The molecule has 2 fully saturated rings. The molecule has 170 valence electrons. The second kappa shape index (κ2) is 10.3. The lowest BCUT2D eigenvalue weighted by molar-refractivity contribution is -0.121. The van der Waals surface area contributed by atoms with E-state index in [4.69, 9.17) is 21.7 Å². The summed E-state index contributed by atoms with van der Waals surface area (Å²) < 4.78 is 12.3. The number of ether oxygens (including phenoxy) is 2. The van der Waals surface area contributed by atoms with E-state index in [1.165, 1.54) is 10.5 Å². The van der Waals surface area contributed by atoms with Crippen molar-refractivity contribution >= 4 is 52.4 Å². The zero-order valence-electron chi connectivity index (χ0n) is 18.3. The molecule has 0 spiro atoms. The smallest absolute Gasteiger partial charge is 0.276 e. The number of amides is 1. The predicted molar refractivity (Wildman–Crippen MR) is 137 cm³/mol. The number of nitrogens with zero attached hydrogens (tertiary/aromatic N) is 3. The fourth-order valence-electron chi connectivity index (χ4n) is 3.64. The van der Waals surface area contributed by atoms with Gasteiger partial charge in [0.2, 0.25) is 5.88 Å². The van der Waals surface area contributed by atoms with Crippen LogP contribution in [-0.4, -0.2) is 77.2 Å². The molecule has 0 aromatic heterocycles. The summed E-state index contributed by atoms with van der Waals surface area (Å²) in [5, 5.41) is 0.485. The third-order valence-electron chi connectivity index (χ3n) is 5.37. The Morgan fingerprint density at radius 2 is 1.91 bits per heavy atom. The largest absolute Gasteiger partial charge is 0.439 e. The number of rotatable bonds is 5. The molecule has 3 aliphatic rings. The van der Waals surface area contributed by atoms with Gasteiger partial charge in [-0.2, -0.15) is 23.5 Å². The van der Waals surface area contributed by atoms with Gasteiger partial charge in [-0.15, -0.1) is 0 Å². The summed E-state index contributed by atoms with van der Waals surface area (Å²) in [6.07, 6.45) is 3.83. The van der Waals surface area contributed by atoms with Crippen molar-refractivity contribution in [1.82, 2.24) is 9.80 Å². The summed E-state index contributed by atoms with van der Waals surface area (Å²) in [6.45, 7) is 5.35. The maximum Gasteiger partial charge on any atom is 0.276 e. The van der Waals surface area contributed by atoms with Crippen molar-refractivity contribution < 1.29 is 14.3 Å². The minimum absolute atomic E-state index is 0.123. The molecule has 0 unspecified atom stereocenters. The van der Waals surface area contributed by atoms with Gasteiger partial charge in [0.1, 0.15) is 5.70 Å². The average molecular weight is 490 g/mol. The molecule has 0 atom stereocenters. The van der Waals surface area contributed by atoms with Gasteiger partial charge >= 0.3 is 0 Å². The molecule has 9 heteroatoms. The Balaban J connectivity index is 1.45. The lowest BCUT2D eigenvalue weighted by Gasteiger charge is -2.23. The van der Waals surface area contributed by atoms with Crippen molar-refractivity contribution in [1.29, 1.82) is 0 Å². The molecule has 2 saturated heterocycles. The molecule has 0 radical (unpaired) electrons. The Hall–Kier alpha value is -1.94. The van der Waals surface area contributed by atoms with Gasteiger partial charge in [0.15, 0.2) is 10.9 Å². The van der Waals surface area contributed by atoms with Gasteiger partial charge in [-0.1, -0.05) is 24.3 Å². The number of allylic oxidation sites excluding steroid dienone is 2. The monoisotopic (exact) mass is 489 g/mol. The molecule has 3 aliphatic heterocycles. The first-order valence-electron chi connectivity index (χ1n) is 10.4. The topological polar surface area (TPSA) is 45.2 Å². The van der Waals surface area contributed by atoms with Gasteiger partial charge in [0.05, 0.1) is 18.4 Å². The maximum atomic E-state index is 12.5. The molecule has 1 amide bonds. The van der Waals surface area contributed by atoms with E-state index in [1.54, 1.807) is 25.1 Å². The third-order valence-corrected chi connectivity index (χ3v) is 8.36. The summed E-state index contributed by atoms with van der Waals surface area (Å²) in [4.78, 5) is 17.7. The van der Waals surface area contributed by atoms with Crippen LogP contribution in [0.4, 0.5) is 5.69 Å². The van der Waals surface area contributed by atoms with E-state index in [-0.39, 0.29) is 12.0 Å². The van der Waals surface area contributed by atoms with Crippen molar-refractivity contribution in [3.63, 3.8) is 0 Å². The van der Waals surface area contributed by atoms with Crippen LogP contribution in [0, 0.1) is 0 Å². The van der Waals surface area contributed by atoms with Crippen LogP contribution in [0.3, 0.4) is 0 Å². The zero-order chi connectivity index (χ0) is 22.7. The van der Waals surface area contributed by atoms with Crippen LogP contribution in [0.5, 0.6) is 5.75 Å². The fourth-order valence-corrected chi connectivity index (χ4v) is 6.07. The molecule has 0 aliphatic carbocycles. The lowest BCUT2D eigenvalue weighted by atomic mass is 10.3. The number of hydrogen-bond donors (Lipinski definition) is 0. The van der Waals surface area contributed by atoms with Gasteiger partial charge in [0, 0.05) is 49.7 Å². The number of thiocarbonyl (C=S) groups is 1. The van der Waals surface area contributed by atoms with Crippen LogP contribution in [0.2, 0.25) is 0 Å². The van der Waals surface area contributed by atoms with Crippen LogP contribution in [0.15, 0.2) is 60.1 Å². The van der Waals surface area contributed by atoms with Crippen molar-refractivity contribution in [2.75, 3.05) is 55.2 Å². The van der Waals surface area contributed by atoms with E-state index in [1.807, 2.05) is 53.9 Å². The number of anilines is 1. The number of thioether (sulfide) groups is 2. The van der Waals surface area contributed by atoms with Gasteiger partial charge in [-0.25, -0.2) is 0 Å². The number of carbonyl (C=O) groups excluding carboxylic acids is 1. The summed E-state index contributed by atoms with van der Waals surface area (Å²) in [7, 11) is 3.48. The summed E-state index contributed by atoms with van der Waals surface area (Å²) in [5.74, 6) is 5.32. The highest BCUT2D eigenvalue weighted by Crippen LogP contribution is 2.38. The van der Waals surface area contributed by atoms with Crippen LogP contribution >= 0.6 is 35.7 Å². The molecule has 3 heterocycles. The van der Waals surface area contributed by atoms with Crippen LogP contribution < -0.4 is 9.64 Å². The quantitative estimate of drug-likeness (QED) is 0.352. The number of fused-ring (bicyclic) bond motifs is 1. The Bertz CT molecular complexity index is 966. The molecule has 0 saturated carbocycles. The highest BCUT2D eigenvalue weighted by atomic mass is 32.2. The van der Waals surface area contributed by atoms with Crippen molar-refractivity contribution in [3.8, 4) is 5.75 Å². The second-order valence-electron chi connectivity index (χ2n) is 7.76. The fraction of sp³-hybridized carbons (Fsp3) is 0.391. The summed E-state index contributed by atoms with van der Waals surface area (Å²) in [5.41, 5.74) is 2.81. The van der Waals surface area contributed by atoms with Crippen LogP contribution in [0.1, 0.15) is 0 Å². The number of hydrogen-bond acceptors (Lipinski definition) is 7. The lowest BCUT2D eigenvalue weighted by Crippen LogP contribution is -2.29. The molecular weight excluding hydrogens is 462 g/mol. The number of para-hydroxylation sites is 2. The minimum atomic E-state index is -0.123. The molecule has 6 nitrogen and oxygen atoms in total. The Kier molecular flexibility index (Phi) is 7.50. The first-order chi connectivity index (χ1) is 15.5. The summed E-state index contributed by atoms with van der Waals surface area (Å²) in [6, 6.07) is 7.93. The van der Waals surface area contributed by atoms with Crippen molar-refractivity contribution in [2.45, 2.75) is 6.10 Å². The van der Waals surface area contributed by atoms with E-state index >= 15 is 0 Å². The Labute approximate surface area is 203 Å². The number of benzene rings is 1. The zero-order valence-corrected chi connectivity index (χ0v) is 20.7. The average Bonchev–Trinajstić information content (AvgIpc) is 3.21. The van der Waals surface area contributed by atoms with Crippen LogP contribution in [0.25, 0.3) is 0 Å². The van der Waals surface area contributed by atoms with Gasteiger partial charge in [-0.05, 0) is 30.4 Å². The number of likely N-dealkylation sites (N-methyl/N-ethyl adjacent to an activating group) is 2. The highest BCUT2D eigenvalue weighted by molar-refractivity contribution is 8.01. The molecule has 0 N–H and O–H groups in total. The van der Waals surface area contributed by atoms with Crippen LogP contribution in [-0.2, 0) is 9.53 Å². The molecule has 1 aromatic rings. The van der Waals surface area contributed by atoms with E-state index < -0.39 is 0 Å². The van der Waals surface area contributed by atoms with E-state index in [9.17, 15) is 4.79 Å². The van der Waals surface area contributed by atoms with E-state index in [2.05, 4.69) is 11.5 Å². The number of carbonyl (C=O) groups is 1. The predicted octanol–water partition coefficient (Wildman–Crippen LogP) is 3.72. The normalized spacial score (nSPS) is 22.6. The second-order valence-corrected chi connectivity index (χ2v) is 10.2. The van der Waals surface area contributed by atoms with Crippen molar-refractivity contribution in [3.05, 3.63) is 60.1 Å². The first-order valence-corrected chi connectivity index (χ1v) is 13.1. The molecule has 4 rings (SSSR count). The highest BCUT2D eigenvalue weighted by Gasteiger charge is 2.33. The molecule has 1 aromatic carbocycles. The Morgan fingerprint density at radius 3 is 2.59 bits per heavy atom. The van der Waals surface area contributed by atoms with E-state index in [0.29, 0.717) is 29.8 Å². The minimum Gasteiger partial charge on any atom is -0.439 e. The van der Waals surface area contributed by atoms with Gasteiger partial charge in [0.25, 0.3) is 5.91 Å².